The van der Waals surface area contributed by atoms with Crippen LogP contribution >= 0.6 is 12.6 Å². The summed E-state index contributed by atoms with van der Waals surface area (Å²) in [6.45, 7) is 4.55. The fourth-order valence-electron chi connectivity index (χ4n) is 6.49. The topological polar surface area (TPSA) is 61.8 Å². The number of hydrogen-bond donors (Lipinski definition) is 1. The van der Waals surface area contributed by atoms with Gasteiger partial charge in [-0.2, -0.15) is 12.6 Å². The Morgan fingerprint density at radius 2 is 0.688 bits per heavy atom. The number of hydrogen-bond acceptors (Lipinski definition) is 6. The number of thiol groups is 1. The minimum absolute atomic E-state index is 0.288. The third kappa shape index (κ3) is 32.7. The molecule has 7 heteroatoms. The number of unbranched alkanes of at least 4 members (excludes halogenated alkanes) is 29. The molecule has 0 aliphatic heterocycles. The Bertz CT molecular complexity index is 644. The van der Waals surface area contributed by atoms with Gasteiger partial charge in [-0.3, -0.25) is 9.59 Å². The summed E-state index contributed by atoms with van der Waals surface area (Å²) in [6.07, 6.45) is 41.1. The predicted molar refractivity (Wildman–Crippen MR) is 212 cm³/mol. The van der Waals surface area contributed by atoms with Gasteiger partial charge in [0.25, 0.3) is 11.9 Å². The first-order chi connectivity index (χ1) is 23.5. The highest BCUT2D eigenvalue weighted by Gasteiger charge is 2.47. The van der Waals surface area contributed by atoms with Crippen LogP contribution in [0.2, 0.25) is 6.04 Å². The summed E-state index contributed by atoms with van der Waals surface area (Å²) in [7, 11) is -1.86. The molecular formula is C41H82O5SSi. The summed E-state index contributed by atoms with van der Waals surface area (Å²) >= 11 is 4.32. The predicted octanol–water partition coefficient (Wildman–Crippen LogP) is 13.9. The average Bonchev–Trinajstić information content (AvgIpc) is 3.08. The van der Waals surface area contributed by atoms with Gasteiger partial charge in [-0.1, -0.05) is 194 Å². The summed E-state index contributed by atoms with van der Waals surface area (Å²) in [5.74, 6) is 0.168. The van der Waals surface area contributed by atoms with E-state index in [-0.39, 0.29) is 11.9 Å². The van der Waals surface area contributed by atoms with Crippen molar-refractivity contribution in [1.82, 2.24) is 0 Å². The molecule has 0 aliphatic rings. The van der Waals surface area contributed by atoms with Crippen LogP contribution in [0.3, 0.4) is 0 Å². The highest BCUT2D eigenvalue weighted by atomic mass is 32.1. The quantitative estimate of drug-likeness (QED) is 0.0390. The van der Waals surface area contributed by atoms with Crippen LogP contribution in [0.15, 0.2) is 0 Å². The van der Waals surface area contributed by atoms with Gasteiger partial charge in [0.1, 0.15) is 0 Å². The maximum Gasteiger partial charge on any atom is 0.635 e. The van der Waals surface area contributed by atoms with Gasteiger partial charge in [-0.25, -0.2) is 0 Å². The summed E-state index contributed by atoms with van der Waals surface area (Å²) in [6, 6.07) is 0.471. The van der Waals surface area contributed by atoms with Gasteiger partial charge >= 0.3 is 8.80 Å². The van der Waals surface area contributed by atoms with E-state index >= 15 is 0 Å². The molecule has 0 N–H and O–H groups in total. The molecule has 0 aromatic carbocycles. The lowest BCUT2D eigenvalue weighted by Gasteiger charge is -2.27. The number of carbonyl (C=O) groups is 2. The van der Waals surface area contributed by atoms with Crippen LogP contribution < -0.4 is 0 Å². The zero-order chi connectivity index (χ0) is 35.2. The van der Waals surface area contributed by atoms with Crippen LogP contribution in [-0.4, -0.2) is 33.6 Å². The molecule has 0 spiro atoms. The molecule has 0 amide bonds. The van der Waals surface area contributed by atoms with Crippen molar-refractivity contribution in [2.75, 3.05) is 12.9 Å². The average molecular weight is 715 g/mol. The van der Waals surface area contributed by atoms with Gasteiger partial charge in [0.15, 0.2) is 0 Å². The molecule has 5 nitrogen and oxygen atoms in total. The van der Waals surface area contributed by atoms with E-state index in [4.69, 9.17) is 13.3 Å². The Hall–Kier alpha value is -0.533. The first-order valence-electron chi connectivity index (χ1n) is 21.1. The molecule has 0 atom stereocenters. The van der Waals surface area contributed by atoms with Crippen molar-refractivity contribution in [3.63, 3.8) is 0 Å². The normalized spacial score (nSPS) is 11.7. The molecule has 0 aliphatic carbocycles. The molecule has 0 unspecified atom stereocenters. The zero-order valence-electron chi connectivity index (χ0n) is 32.4. The van der Waals surface area contributed by atoms with E-state index in [0.717, 1.165) is 57.1 Å². The van der Waals surface area contributed by atoms with Crippen LogP contribution in [0.4, 0.5) is 0 Å². The van der Waals surface area contributed by atoms with E-state index in [1.807, 2.05) is 0 Å². The zero-order valence-corrected chi connectivity index (χ0v) is 34.3. The van der Waals surface area contributed by atoms with E-state index in [0.29, 0.717) is 18.9 Å². The fraction of sp³-hybridized carbons (Fsp3) is 0.951. The largest absolute Gasteiger partial charge is 0.635 e. The van der Waals surface area contributed by atoms with Crippen LogP contribution in [0.5, 0.6) is 0 Å². The fourth-order valence-corrected chi connectivity index (χ4v) is 8.91. The molecule has 0 saturated heterocycles. The van der Waals surface area contributed by atoms with E-state index in [1.165, 1.54) is 161 Å². The lowest BCUT2D eigenvalue weighted by Crippen LogP contribution is -2.48. The first kappa shape index (κ1) is 47.5. The minimum atomic E-state index is -3.38. The summed E-state index contributed by atoms with van der Waals surface area (Å²) < 4.78 is 17.4. The third-order valence-corrected chi connectivity index (χ3v) is 12.7. The summed E-state index contributed by atoms with van der Waals surface area (Å²) in [5, 5.41) is 0. The SMILES string of the molecule is CCCCCCCCCCCCCCCCCC(=O)O[Si](CCCCS)(OC)OC(=O)CCCCCCCCCCCCCCCCC. The lowest BCUT2D eigenvalue weighted by atomic mass is 10.0. The van der Waals surface area contributed by atoms with Crippen LogP contribution in [0.25, 0.3) is 0 Å². The second-order valence-corrected chi connectivity index (χ2v) is 17.5. The Labute approximate surface area is 306 Å². The molecule has 0 rings (SSSR count). The monoisotopic (exact) mass is 715 g/mol. The Morgan fingerprint density at radius 1 is 0.417 bits per heavy atom. The smallest absolute Gasteiger partial charge is 0.464 e. The van der Waals surface area contributed by atoms with Gasteiger partial charge in [0, 0.05) is 26.0 Å². The molecule has 286 valence electrons. The van der Waals surface area contributed by atoms with E-state index in [9.17, 15) is 9.59 Å². The molecule has 0 saturated carbocycles. The second kappa shape index (κ2) is 37.7. The highest BCUT2D eigenvalue weighted by Crippen LogP contribution is 2.22. The van der Waals surface area contributed by atoms with Crippen molar-refractivity contribution in [3.8, 4) is 0 Å². The number of rotatable bonds is 39. The van der Waals surface area contributed by atoms with Gasteiger partial charge in [0.05, 0.1) is 0 Å². The molecule has 0 bridgehead atoms. The van der Waals surface area contributed by atoms with Crippen molar-refractivity contribution in [3.05, 3.63) is 0 Å². The van der Waals surface area contributed by atoms with Crippen molar-refractivity contribution < 1.29 is 22.9 Å². The molecule has 0 aromatic rings. The first-order valence-corrected chi connectivity index (χ1v) is 23.7. The van der Waals surface area contributed by atoms with Crippen molar-refractivity contribution in [1.29, 1.82) is 0 Å². The maximum atomic E-state index is 12.8. The van der Waals surface area contributed by atoms with E-state index in [1.54, 1.807) is 0 Å². The maximum absolute atomic E-state index is 12.8. The molecular weight excluding hydrogens is 633 g/mol. The van der Waals surface area contributed by atoms with Crippen LogP contribution in [-0.2, 0) is 22.9 Å². The standard InChI is InChI=1S/C41H82O5SSi/c1-4-6-8-10-12-14-16-18-20-22-24-26-28-30-32-36-40(42)45-48(44-3,39-35-34-38-47)46-41(43)37-33-31-29-27-25-23-21-19-17-15-13-11-9-7-5-2/h47H,4-39H2,1-3H3. The molecule has 48 heavy (non-hydrogen) atoms. The van der Waals surface area contributed by atoms with Gasteiger partial charge < -0.3 is 13.3 Å². The van der Waals surface area contributed by atoms with Gasteiger partial charge in [-0.05, 0) is 31.4 Å². The molecule has 0 heterocycles. The molecule has 0 fully saturated rings. The molecule has 0 aromatic heterocycles. The Kier molecular flexibility index (Phi) is 37.3. The van der Waals surface area contributed by atoms with Crippen LogP contribution in [0, 0.1) is 0 Å². The van der Waals surface area contributed by atoms with Crippen molar-refractivity contribution in [2.45, 2.75) is 238 Å². The third-order valence-electron chi connectivity index (χ3n) is 9.71. The summed E-state index contributed by atoms with van der Waals surface area (Å²) in [5.41, 5.74) is 0. The summed E-state index contributed by atoms with van der Waals surface area (Å²) in [4.78, 5) is 25.6. The Balaban J connectivity index is 4.05. The lowest BCUT2D eigenvalue weighted by molar-refractivity contribution is -0.145. The minimum Gasteiger partial charge on any atom is -0.464 e. The van der Waals surface area contributed by atoms with Gasteiger partial charge in [0.2, 0.25) is 0 Å². The van der Waals surface area contributed by atoms with Crippen LogP contribution in [0.1, 0.15) is 232 Å². The second-order valence-electron chi connectivity index (χ2n) is 14.4. The number of carbonyl (C=O) groups excluding carboxylic acids is 2. The van der Waals surface area contributed by atoms with Gasteiger partial charge in [-0.15, -0.1) is 0 Å². The van der Waals surface area contributed by atoms with E-state index < -0.39 is 8.80 Å². The molecule has 0 radical (unpaired) electrons. The Morgan fingerprint density at radius 3 is 0.938 bits per heavy atom. The highest BCUT2D eigenvalue weighted by molar-refractivity contribution is 7.80. The van der Waals surface area contributed by atoms with Crippen molar-refractivity contribution >= 4 is 33.4 Å². The van der Waals surface area contributed by atoms with Crippen molar-refractivity contribution in [2.24, 2.45) is 0 Å². The van der Waals surface area contributed by atoms with E-state index in [2.05, 4.69) is 26.5 Å².